The Kier molecular flexibility index (Phi) is 4.44. The van der Waals surface area contributed by atoms with E-state index >= 15 is 0 Å². The Balaban J connectivity index is 1.27. The number of epoxide rings is 2. The SMILES string of the molecule is O=C(OC1CCCCC1)C1C2OC2C2OC2C1C(=O)OC1CCCCC1. The predicted molar refractivity (Wildman–Crippen MR) is 90.2 cm³/mol. The van der Waals surface area contributed by atoms with Gasteiger partial charge in [0.1, 0.15) is 48.5 Å². The molecule has 0 aromatic rings. The molecule has 3 aliphatic carbocycles. The van der Waals surface area contributed by atoms with Crippen LogP contribution >= 0.6 is 0 Å². The highest BCUT2D eigenvalue weighted by atomic mass is 16.7. The summed E-state index contributed by atoms with van der Waals surface area (Å²) in [6.07, 6.45) is 9.95. The van der Waals surface area contributed by atoms with Gasteiger partial charge in [-0.3, -0.25) is 9.59 Å². The zero-order chi connectivity index (χ0) is 17.7. The predicted octanol–water partition coefficient (Wildman–Crippen LogP) is 2.52. The fourth-order valence-electron chi connectivity index (χ4n) is 5.20. The zero-order valence-electron chi connectivity index (χ0n) is 15.1. The van der Waals surface area contributed by atoms with Crippen LogP contribution in [-0.4, -0.2) is 48.6 Å². The molecule has 6 unspecified atom stereocenters. The van der Waals surface area contributed by atoms with E-state index in [9.17, 15) is 9.59 Å². The van der Waals surface area contributed by atoms with E-state index in [-0.39, 0.29) is 48.6 Å². The summed E-state index contributed by atoms with van der Waals surface area (Å²) in [5.41, 5.74) is 0. The molecule has 2 saturated heterocycles. The van der Waals surface area contributed by atoms with E-state index in [1.54, 1.807) is 0 Å². The molecule has 0 amide bonds. The molecule has 2 heterocycles. The number of ether oxygens (including phenoxy) is 4. The first-order valence-corrected chi connectivity index (χ1v) is 10.4. The van der Waals surface area contributed by atoms with Crippen LogP contribution in [0.5, 0.6) is 0 Å². The number of hydrogen-bond acceptors (Lipinski definition) is 6. The van der Waals surface area contributed by atoms with Crippen LogP contribution in [0.3, 0.4) is 0 Å². The standard InChI is InChI=1S/C20H28O6/c21-19(23-11-7-3-1-4-8-11)13-14(16-18(26-16)17-15(13)25-17)20(22)24-12-9-5-2-6-10-12/h11-18H,1-10H2. The van der Waals surface area contributed by atoms with E-state index in [4.69, 9.17) is 18.9 Å². The van der Waals surface area contributed by atoms with Crippen molar-refractivity contribution in [2.75, 3.05) is 0 Å². The van der Waals surface area contributed by atoms with Gasteiger partial charge >= 0.3 is 11.9 Å². The maximum absolute atomic E-state index is 12.9. The number of rotatable bonds is 4. The molecule has 5 aliphatic rings. The highest BCUT2D eigenvalue weighted by molar-refractivity contribution is 5.85. The van der Waals surface area contributed by atoms with Gasteiger partial charge in [0.25, 0.3) is 0 Å². The second-order valence-corrected chi connectivity index (χ2v) is 8.58. The fourth-order valence-corrected chi connectivity index (χ4v) is 5.20. The van der Waals surface area contributed by atoms with E-state index in [2.05, 4.69) is 0 Å². The van der Waals surface area contributed by atoms with E-state index in [0.29, 0.717) is 0 Å². The van der Waals surface area contributed by atoms with Gasteiger partial charge < -0.3 is 18.9 Å². The molecule has 144 valence electrons. The number of hydrogen-bond donors (Lipinski definition) is 0. The minimum atomic E-state index is -0.568. The average Bonchev–Trinajstić information content (AvgIpc) is 3.53. The lowest BCUT2D eigenvalue weighted by Gasteiger charge is -2.29. The summed E-state index contributed by atoms with van der Waals surface area (Å²) in [6.45, 7) is 0. The van der Waals surface area contributed by atoms with E-state index in [0.717, 1.165) is 51.4 Å². The van der Waals surface area contributed by atoms with Crippen molar-refractivity contribution in [2.24, 2.45) is 11.8 Å². The largest absolute Gasteiger partial charge is 0.462 e. The van der Waals surface area contributed by atoms with Crippen molar-refractivity contribution < 1.29 is 28.5 Å². The third kappa shape index (κ3) is 3.15. The van der Waals surface area contributed by atoms with Crippen molar-refractivity contribution in [3.05, 3.63) is 0 Å². The maximum atomic E-state index is 12.9. The van der Waals surface area contributed by atoms with Crippen LogP contribution in [0.4, 0.5) is 0 Å². The fraction of sp³-hybridized carbons (Fsp3) is 0.900. The normalized spacial score (nSPS) is 42.3. The third-order valence-electron chi connectivity index (χ3n) is 6.76. The maximum Gasteiger partial charge on any atom is 0.312 e. The van der Waals surface area contributed by atoms with E-state index in [1.165, 1.54) is 12.8 Å². The lowest BCUT2D eigenvalue weighted by atomic mass is 9.79. The average molecular weight is 364 g/mol. The molecular formula is C20H28O6. The van der Waals surface area contributed by atoms with Crippen molar-refractivity contribution in [2.45, 2.75) is 101 Å². The molecule has 5 fully saturated rings. The molecule has 0 N–H and O–H groups in total. The zero-order valence-corrected chi connectivity index (χ0v) is 15.1. The molecule has 0 aromatic carbocycles. The molecular weight excluding hydrogens is 336 g/mol. The first kappa shape index (κ1) is 17.0. The Labute approximate surface area is 153 Å². The van der Waals surface area contributed by atoms with Crippen LogP contribution in [0, 0.1) is 11.8 Å². The van der Waals surface area contributed by atoms with Gasteiger partial charge in [-0.2, -0.15) is 0 Å². The van der Waals surface area contributed by atoms with Gasteiger partial charge in [-0.15, -0.1) is 0 Å². The van der Waals surface area contributed by atoms with Gasteiger partial charge in [0.05, 0.1) is 0 Å². The van der Waals surface area contributed by atoms with Crippen LogP contribution < -0.4 is 0 Å². The molecule has 2 aliphatic heterocycles. The molecule has 0 bridgehead atoms. The lowest BCUT2D eigenvalue weighted by Crippen LogP contribution is -2.45. The molecule has 6 heteroatoms. The summed E-state index contributed by atoms with van der Waals surface area (Å²) in [7, 11) is 0. The molecule has 0 aromatic heterocycles. The van der Waals surface area contributed by atoms with Gasteiger partial charge in [-0.1, -0.05) is 12.8 Å². The number of carbonyl (C=O) groups excluding carboxylic acids is 2. The van der Waals surface area contributed by atoms with Gasteiger partial charge in [-0.05, 0) is 51.4 Å². The van der Waals surface area contributed by atoms with Gasteiger partial charge in [-0.25, -0.2) is 0 Å². The van der Waals surface area contributed by atoms with Gasteiger partial charge in [0.2, 0.25) is 0 Å². The van der Waals surface area contributed by atoms with Crippen molar-refractivity contribution in [1.82, 2.24) is 0 Å². The Hall–Kier alpha value is -1.14. The number of fused-ring (bicyclic) bond motifs is 3. The van der Waals surface area contributed by atoms with E-state index in [1.807, 2.05) is 0 Å². The van der Waals surface area contributed by atoms with Crippen molar-refractivity contribution in [1.29, 1.82) is 0 Å². The highest BCUT2D eigenvalue weighted by Gasteiger charge is 2.73. The molecule has 0 spiro atoms. The molecule has 6 nitrogen and oxygen atoms in total. The summed E-state index contributed by atoms with van der Waals surface area (Å²) in [5.74, 6) is -1.71. The monoisotopic (exact) mass is 364 g/mol. The molecule has 3 saturated carbocycles. The first-order chi connectivity index (χ1) is 12.7. The van der Waals surface area contributed by atoms with Crippen molar-refractivity contribution in [3.8, 4) is 0 Å². The van der Waals surface area contributed by atoms with Crippen LogP contribution in [-0.2, 0) is 28.5 Å². The molecule has 0 radical (unpaired) electrons. The Bertz CT molecular complexity index is 515. The topological polar surface area (TPSA) is 77.7 Å². The lowest BCUT2D eigenvalue weighted by molar-refractivity contribution is -0.170. The second kappa shape index (κ2) is 6.79. The Morgan fingerprint density at radius 1 is 0.577 bits per heavy atom. The Morgan fingerprint density at radius 2 is 0.962 bits per heavy atom. The number of esters is 2. The van der Waals surface area contributed by atoms with Crippen LogP contribution in [0.2, 0.25) is 0 Å². The van der Waals surface area contributed by atoms with Gasteiger partial charge in [0.15, 0.2) is 0 Å². The molecule has 26 heavy (non-hydrogen) atoms. The van der Waals surface area contributed by atoms with Gasteiger partial charge in [0, 0.05) is 0 Å². The van der Waals surface area contributed by atoms with E-state index < -0.39 is 11.8 Å². The summed E-state index contributed by atoms with van der Waals surface area (Å²) in [5, 5.41) is 0. The van der Waals surface area contributed by atoms with Crippen LogP contribution in [0.25, 0.3) is 0 Å². The quantitative estimate of drug-likeness (QED) is 0.563. The smallest absolute Gasteiger partial charge is 0.312 e. The van der Waals surface area contributed by atoms with Crippen LogP contribution in [0.1, 0.15) is 64.2 Å². The Morgan fingerprint density at radius 3 is 1.35 bits per heavy atom. The van der Waals surface area contributed by atoms with Crippen molar-refractivity contribution in [3.63, 3.8) is 0 Å². The first-order valence-electron chi connectivity index (χ1n) is 10.4. The third-order valence-corrected chi connectivity index (χ3v) is 6.76. The van der Waals surface area contributed by atoms with Crippen LogP contribution in [0.15, 0.2) is 0 Å². The summed E-state index contributed by atoms with van der Waals surface area (Å²) >= 11 is 0. The van der Waals surface area contributed by atoms with Crippen molar-refractivity contribution >= 4 is 11.9 Å². The molecule has 5 rings (SSSR count). The summed E-state index contributed by atoms with van der Waals surface area (Å²) < 4.78 is 22.9. The minimum Gasteiger partial charge on any atom is -0.462 e. The number of carbonyl (C=O) groups is 2. The highest BCUT2D eigenvalue weighted by Crippen LogP contribution is 2.54. The summed E-state index contributed by atoms with van der Waals surface area (Å²) in [6, 6.07) is 0. The molecule has 6 atom stereocenters. The second-order valence-electron chi connectivity index (χ2n) is 8.58. The summed E-state index contributed by atoms with van der Waals surface area (Å²) in [4.78, 5) is 25.8. The minimum absolute atomic E-state index is 0.0127.